The summed E-state index contributed by atoms with van der Waals surface area (Å²) in [5, 5.41) is 48.1. The predicted octanol–water partition coefficient (Wildman–Crippen LogP) is -0.938. The number of anilines is 1. The Morgan fingerprint density at radius 1 is 1.21 bits per heavy atom. The molecule has 1 aromatic rings. The minimum atomic E-state index is -2.45. The number of aliphatic hydroxyl groups is 3. The van der Waals surface area contributed by atoms with Gasteiger partial charge in [-0.25, -0.2) is 0 Å². The first-order valence-electron chi connectivity index (χ1n) is 10.5. The van der Waals surface area contributed by atoms with Crippen LogP contribution < -0.4 is 16.4 Å². The maximum Gasteiger partial charge on any atom is 0.238 e. The van der Waals surface area contributed by atoms with Gasteiger partial charge in [0.2, 0.25) is 17.6 Å². The molecule has 33 heavy (non-hydrogen) atoms. The highest BCUT2D eigenvalue weighted by Crippen LogP contribution is 2.55. The second-order valence-corrected chi connectivity index (χ2v) is 8.80. The van der Waals surface area contributed by atoms with Gasteiger partial charge in [0.25, 0.3) is 0 Å². The second kappa shape index (κ2) is 7.94. The second-order valence-electron chi connectivity index (χ2n) is 8.80. The number of aliphatic hydroxyl groups excluding tert-OH is 2. The average Bonchev–Trinajstić information content (AvgIpc) is 2.72. The molecule has 0 aromatic heterocycles. The third kappa shape index (κ3) is 3.31. The number of likely N-dealkylation sites (N-methyl/N-ethyl adjacent to an activating group) is 1. The first-order chi connectivity index (χ1) is 15.5. The quantitative estimate of drug-likeness (QED) is 0.219. The summed E-state index contributed by atoms with van der Waals surface area (Å²) in [6.07, 6.45) is -1.54. The van der Waals surface area contributed by atoms with E-state index < -0.39 is 70.8 Å². The number of amides is 2. The van der Waals surface area contributed by atoms with E-state index in [1.54, 1.807) is 7.05 Å². The Hall–Kier alpha value is -3.28. The zero-order valence-corrected chi connectivity index (χ0v) is 17.8. The van der Waals surface area contributed by atoms with E-state index in [0.29, 0.717) is 0 Å². The highest BCUT2D eigenvalue weighted by Gasteiger charge is 2.62. The van der Waals surface area contributed by atoms with E-state index in [0.717, 1.165) is 0 Å². The molecule has 11 nitrogen and oxygen atoms in total. The summed E-state index contributed by atoms with van der Waals surface area (Å²) in [6, 6.07) is 2.77. The summed E-state index contributed by atoms with van der Waals surface area (Å²) in [6.45, 7) is -0.0591. The number of nitrogens with two attached hydrogens (primary N) is 1. The first-order valence-corrected chi connectivity index (χ1v) is 10.5. The summed E-state index contributed by atoms with van der Waals surface area (Å²) in [5.41, 5.74) is 2.64. The molecule has 0 bridgehead atoms. The summed E-state index contributed by atoms with van der Waals surface area (Å²) >= 11 is 0. The Balaban J connectivity index is 1.89. The van der Waals surface area contributed by atoms with Gasteiger partial charge < -0.3 is 36.8 Å². The van der Waals surface area contributed by atoms with Gasteiger partial charge in [0.15, 0.2) is 11.4 Å². The van der Waals surface area contributed by atoms with Gasteiger partial charge in [-0.1, -0.05) is 6.07 Å². The van der Waals surface area contributed by atoms with Crippen molar-refractivity contribution in [2.75, 3.05) is 18.9 Å². The average molecular weight is 459 g/mol. The molecule has 1 aromatic carbocycles. The van der Waals surface area contributed by atoms with Crippen LogP contribution in [0, 0.1) is 11.8 Å². The number of hydrogen-bond acceptors (Lipinski definition) is 9. The fourth-order valence-electron chi connectivity index (χ4n) is 5.42. The molecule has 0 saturated heterocycles. The number of aromatic hydroxyl groups is 1. The van der Waals surface area contributed by atoms with E-state index in [4.69, 9.17) is 5.73 Å². The molecule has 0 aliphatic heterocycles. The molecule has 0 radical (unpaired) electrons. The minimum absolute atomic E-state index is 0.0292. The van der Waals surface area contributed by atoms with Crippen LogP contribution in [0.2, 0.25) is 0 Å². The molecule has 8 N–H and O–H groups in total. The Kier molecular flexibility index (Phi) is 5.51. The molecular formula is C22H25N3O8. The number of nitrogens with one attached hydrogen (secondary N) is 2. The van der Waals surface area contributed by atoms with Crippen molar-refractivity contribution in [1.29, 1.82) is 0 Å². The van der Waals surface area contributed by atoms with Crippen molar-refractivity contribution in [3.05, 3.63) is 28.8 Å². The van der Waals surface area contributed by atoms with Crippen LogP contribution >= 0.6 is 0 Å². The highest BCUT2D eigenvalue weighted by atomic mass is 16.3. The van der Waals surface area contributed by atoms with Crippen molar-refractivity contribution in [1.82, 2.24) is 5.32 Å². The minimum Gasteiger partial charge on any atom is -0.507 e. The van der Waals surface area contributed by atoms with Gasteiger partial charge in [-0.15, -0.1) is 0 Å². The fourth-order valence-corrected chi connectivity index (χ4v) is 5.42. The first kappa shape index (κ1) is 22.9. The molecule has 5 atom stereocenters. The molecule has 2 fully saturated rings. The van der Waals surface area contributed by atoms with Gasteiger partial charge in [-0.2, -0.15) is 0 Å². The smallest absolute Gasteiger partial charge is 0.238 e. The van der Waals surface area contributed by atoms with Gasteiger partial charge in [0, 0.05) is 23.8 Å². The number of Topliss-reactive ketones (excluding diaryl/α,β-unsaturated/α-hetero) is 2. The van der Waals surface area contributed by atoms with Crippen molar-refractivity contribution in [3.63, 3.8) is 0 Å². The van der Waals surface area contributed by atoms with Crippen molar-refractivity contribution in [2.24, 2.45) is 17.6 Å². The number of carbonyl (C=O) groups excluding carboxylic acids is 4. The van der Waals surface area contributed by atoms with Crippen molar-refractivity contribution in [3.8, 4) is 5.75 Å². The van der Waals surface area contributed by atoms with Gasteiger partial charge in [-0.05, 0) is 31.5 Å². The van der Waals surface area contributed by atoms with Crippen LogP contribution in [0.15, 0.2) is 17.7 Å². The van der Waals surface area contributed by atoms with Gasteiger partial charge in [-0.3, -0.25) is 19.2 Å². The lowest BCUT2D eigenvalue weighted by Crippen LogP contribution is -2.62. The number of rotatable bonds is 4. The number of carbonyl (C=O) groups is 4. The molecule has 4 rings (SSSR count). The van der Waals surface area contributed by atoms with E-state index >= 15 is 0 Å². The number of phenolic OH excluding ortho intramolecular Hbond substituents is 1. The van der Waals surface area contributed by atoms with E-state index in [1.165, 1.54) is 12.1 Å². The summed E-state index contributed by atoms with van der Waals surface area (Å²) in [4.78, 5) is 50.4. The summed E-state index contributed by atoms with van der Waals surface area (Å²) in [7, 11) is 1.55. The lowest BCUT2D eigenvalue weighted by molar-refractivity contribution is -0.167. The van der Waals surface area contributed by atoms with Gasteiger partial charge in [0.1, 0.15) is 11.5 Å². The SMILES string of the molecule is CNCC(=O)Nc1ccc2c(c1O)C(O)=C1C(=O)C3(O)C(=O)CC(O)CC3CC1C2C(N)=O. The molecule has 0 heterocycles. The standard InChI is InChI=1S/C22H25N3O8/c1-24-7-14(28)25-12-3-2-10-15(21(23)32)11-5-8-4-9(26)6-13(27)22(8,33)20(31)17(11)19(30)16(10)18(12)29/h2-3,8-9,11,15,24,26,29-30,33H,4-7H2,1H3,(H2,23,32)(H,25,28). The lowest BCUT2D eigenvalue weighted by atomic mass is 9.56. The molecule has 3 aliphatic rings. The van der Waals surface area contributed by atoms with Crippen molar-refractivity contribution >= 4 is 34.8 Å². The highest BCUT2D eigenvalue weighted by molar-refractivity contribution is 6.22. The number of fused-ring (bicyclic) bond motifs is 3. The fraction of sp³-hybridized carbons (Fsp3) is 0.455. The molecule has 2 amide bonds. The summed E-state index contributed by atoms with van der Waals surface area (Å²) < 4.78 is 0. The molecule has 0 spiro atoms. The predicted molar refractivity (Wildman–Crippen MR) is 114 cm³/mol. The molecule has 176 valence electrons. The topological polar surface area (TPSA) is 199 Å². The van der Waals surface area contributed by atoms with Crippen LogP contribution in [0.4, 0.5) is 5.69 Å². The monoisotopic (exact) mass is 459 g/mol. The van der Waals surface area contributed by atoms with Crippen molar-refractivity contribution < 1.29 is 39.6 Å². The third-order valence-corrected chi connectivity index (χ3v) is 6.85. The van der Waals surface area contributed by atoms with Crippen molar-refractivity contribution in [2.45, 2.75) is 36.9 Å². The van der Waals surface area contributed by atoms with E-state index in [2.05, 4.69) is 10.6 Å². The zero-order valence-electron chi connectivity index (χ0n) is 17.8. The number of hydrogen-bond donors (Lipinski definition) is 7. The zero-order chi connectivity index (χ0) is 24.2. The van der Waals surface area contributed by atoms with Crippen LogP contribution in [0.25, 0.3) is 5.76 Å². The van der Waals surface area contributed by atoms with Crippen LogP contribution in [0.1, 0.15) is 36.3 Å². The Labute approximate surface area is 188 Å². The third-order valence-electron chi connectivity index (χ3n) is 6.85. The maximum absolute atomic E-state index is 13.4. The number of benzene rings is 1. The Morgan fingerprint density at radius 3 is 2.55 bits per heavy atom. The van der Waals surface area contributed by atoms with E-state index in [-0.39, 0.29) is 41.8 Å². The Bertz CT molecular complexity index is 1110. The van der Waals surface area contributed by atoms with Crippen LogP contribution in [-0.4, -0.2) is 69.1 Å². The van der Waals surface area contributed by atoms with E-state index in [9.17, 15) is 39.6 Å². The van der Waals surface area contributed by atoms with Crippen LogP contribution in [0.3, 0.4) is 0 Å². The largest absolute Gasteiger partial charge is 0.507 e. The lowest BCUT2D eigenvalue weighted by Gasteiger charge is -2.48. The van der Waals surface area contributed by atoms with Gasteiger partial charge in [0.05, 0.1) is 29.8 Å². The molecule has 5 unspecified atom stereocenters. The van der Waals surface area contributed by atoms with Crippen LogP contribution in [0.5, 0.6) is 5.75 Å². The van der Waals surface area contributed by atoms with Crippen LogP contribution in [-0.2, 0) is 19.2 Å². The van der Waals surface area contributed by atoms with E-state index in [1.807, 2.05) is 0 Å². The molecular weight excluding hydrogens is 434 g/mol. The Morgan fingerprint density at radius 2 is 1.91 bits per heavy atom. The number of ketones is 2. The number of primary amides is 1. The normalized spacial score (nSPS) is 30.9. The molecule has 11 heteroatoms. The maximum atomic E-state index is 13.4. The van der Waals surface area contributed by atoms with Gasteiger partial charge >= 0.3 is 0 Å². The molecule has 3 aliphatic carbocycles. The number of phenols is 1. The summed E-state index contributed by atoms with van der Waals surface area (Å²) in [5.74, 6) is -7.61. The molecule has 2 saturated carbocycles.